The van der Waals surface area contributed by atoms with Crippen molar-refractivity contribution in [3.05, 3.63) is 48.0 Å². The largest absolute Gasteiger partial charge is 0.444 e. The van der Waals surface area contributed by atoms with Gasteiger partial charge in [0.2, 0.25) is 11.8 Å². The molecule has 202 valence electrons. The molecule has 1 rings (SSSR count). The Balaban J connectivity index is 3.34. The summed E-state index contributed by atoms with van der Waals surface area (Å²) in [5.41, 5.74) is 1.17. The third-order valence-corrected chi connectivity index (χ3v) is 6.20. The lowest BCUT2D eigenvalue weighted by molar-refractivity contribution is -0.141. The van der Waals surface area contributed by atoms with Crippen LogP contribution < -0.4 is 10.6 Å². The summed E-state index contributed by atoms with van der Waals surface area (Å²) < 4.78 is 5.41. The number of amides is 3. The summed E-state index contributed by atoms with van der Waals surface area (Å²) in [6.45, 7) is 14.0. The number of aryl methyl sites for hydroxylation is 1. The topological polar surface area (TPSA) is 87.7 Å². The first kappa shape index (κ1) is 31.5. The zero-order valence-electron chi connectivity index (χ0n) is 22.9. The van der Waals surface area contributed by atoms with Crippen LogP contribution in [0.1, 0.15) is 77.5 Å². The summed E-state index contributed by atoms with van der Waals surface area (Å²) in [4.78, 5) is 41.4. The number of carbonyl (C=O) groups excluding carboxylic acids is 3. The van der Waals surface area contributed by atoms with Crippen LogP contribution in [-0.2, 0) is 20.7 Å². The average molecular weight is 520 g/mol. The highest BCUT2D eigenvalue weighted by Gasteiger charge is 2.35. The fourth-order valence-corrected chi connectivity index (χ4v) is 4.17. The van der Waals surface area contributed by atoms with Crippen molar-refractivity contribution < 1.29 is 19.1 Å². The molecule has 8 heteroatoms. The van der Waals surface area contributed by atoms with Gasteiger partial charge >= 0.3 is 6.09 Å². The van der Waals surface area contributed by atoms with Gasteiger partial charge in [0.1, 0.15) is 17.7 Å². The number of hydrogen-bond donors (Lipinski definition) is 2. The van der Waals surface area contributed by atoms with Gasteiger partial charge in [-0.3, -0.25) is 9.59 Å². The van der Waals surface area contributed by atoms with E-state index in [1.807, 2.05) is 30.5 Å². The molecule has 0 fully saturated rings. The summed E-state index contributed by atoms with van der Waals surface area (Å²) in [6.07, 6.45) is 7.11. The first-order valence-corrected chi connectivity index (χ1v) is 14.2. The lowest BCUT2D eigenvalue weighted by Gasteiger charge is -2.34. The second-order valence-corrected chi connectivity index (χ2v) is 10.7. The number of carbonyl (C=O) groups is 3. The molecule has 3 amide bonds. The minimum Gasteiger partial charge on any atom is -0.444 e. The number of rotatable bonds is 15. The van der Waals surface area contributed by atoms with Crippen LogP contribution in [0.5, 0.6) is 0 Å². The van der Waals surface area contributed by atoms with Gasteiger partial charge in [-0.05, 0) is 63.2 Å². The second-order valence-electron chi connectivity index (χ2n) is 9.76. The molecule has 0 bridgehead atoms. The SMILES string of the molecule is C=CCN(C(=O)C(CCSC)NC(=O)OC(C)(C)C)C(C(=O)NCCCCC)c1ccc(CC)cc1. The first-order chi connectivity index (χ1) is 17.1. The number of thioether (sulfide) groups is 1. The van der Waals surface area contributed by atoms with Crippen LogP contribution in [0, 0.1) is 0 Å². The molecule has 2 unspecified atom stereocenters. The number of hydrogen-bond acceptors (Lipinski definition) is 5. The van der Waals surface area contributed by atoms with E-state index in [0.717, 1.165) is 36.8 Å². The standard InChI is InChI=1S/C28H45N3O4S/c1-8-11-12-18-29-25(32)24(22-15-13-21(10-3)14-16-22)31(19-9-2)26(33)23(17-20-36-7)30-27(34)35-28(4,5)6/h9,13-16,23-24H,2,8,10-12,17-20H2,1,3-7H3,(H,29,32)(H,30,34). The highest BCUT2D eigenvalue weighted by atomic mass is 32.2. The number of nitrogens with one attached hydrogen (secondary N) is 2. The van der Waals surface area contributed by atoms with Crippen LogP contribution in [0.2, 0.25) is 0 Å². The van der Waals surface area contributed by atoms with E-state index < -0.39 is 23.8 Å². The van der Waals surface area contributed by atoms with Crippen LogP contribution in [0.25, 0.3) is 0 Å². The molecule has 0 saturated heterocycles. The van der Waals surface area contributed by atoms with Crippen molar-refractivity contribution in [1.29, 1.82) is 0 Å². The van der Waals surface area contributed by atoms with Crippen molar-refractivity contribution in [3.63, 3.8) is 0 Å². The maximum Gasteiger partial charge on any atom is 0.408 e. The van der Waals surface area contributed by atoms with E-state index >= 15 is 0 Å². The van der Waals surface area contributed by atoms with Crippen molar-refractivity contribution >= 4 is 29.7 Å². The number of ether oxygens (including phenoxy) is 1. The van der Waals surface area contributed by atoms with Gasteiger partial charge < -0.3 is 20.3 Å². The van der Waals surface area contributed by atoms with Crippen LogP contribution in [0.3, 0.4) is 0 Å². The molecule has 0 aliphatic heterocycles. The van der Waals surface area contributed by atoms with Crippen LogP contribution in [0.15, 0.2) is 36.9 Å². The molecular formula is C28H45N3O4S. The summed E-state index contributed by atoms with van der Waals surface area (Å²) in [5, 5.41) is 5.75. The number of unbranched alkanes of at least 4 members (excludes halogenated alkanes) is 2. The van der Waals surface area contributed by atoms with Crippen LogP contribution >= 0.6 is 11.8 Å². The van der Waals surface area contributed by atoms with Gasteiger partial charge in [-0.25, -0.2) is 4.79 Å². The summed E-state index contributed by atoms with van der Waals surface area (Å²) >= 11 is 1.58. The van der Waals surface area contributed by atoms with Crippen molar-refractivity contribution in [3.8, 4) is 0 Å². The van der Waals surface area contributed by atoms with Gasteiger partial charge in [0, 0.05) is 13.1 Å². The van der Waals surface area contributed by atoms with E-state index in [9.17, 15) is 14.4 Å². The minimum atomic E-state index is -0.847. The van der Waals surface area contributed by atoms with Crippen LogP contribution in [0.4, 0.5) is 4.79 Å². The lowest BCUT2D eigenvalue weighted by Crippen LogP contribution is -2.53. The fourth-order valence-electron chi connectivity index (χ4n) is 3.70. The molecule has 36 heavy (non-hydrogen) atoms. The highest BCUT2D eigenvalue weighted by Crippen LogP contribution is 2.24. The van der Waals surface area contributed by atoms with Gasteiger partial charge in [0.15, 0.2) is 0 Å². The molecule has 0 spiro atoms. The molecule has 0 heterocycles. The Kier molecular flexibility index (Phi) is 14.3. The molecule has 0 aliphatic carbocycles. The van der Waals surface area contributed by atoms with Crippen molar-refractivity contribution in [2.75, 3.05) is 25.1 Å². The second kappa shape index (κ2) is 16.3. The molecule has 1 aromatic rings. The Hall–Kier alpha value is -2.48. The Morgan fingerprint density at radius 1 is 1.14 bits per heavy atom. The summed E-state index contributed by atoms with van der Waals surface area (Å²) in [5.74, 6) is 0.0715. The molecule has 2 atom stereocenters. The smallest absolute Gasteiger partial charge is 0.408 e. The quantitative estimate of drug-likeness (QED) is 0.244. The summed E-state index contributed by atoms with van der Waals surface area (Å²) in [7, 11) is 0. The third kappa shape index (κ3) is 11.1. The molecule has 2 N–H and O–H groups in total. The number of nitrogens with zero attached hydrogens (tertiary/aromatic N) is 1. The maximum atomic E-state index is 13.9. The molecule has 0 radical (unpaired) electrons. The molecule has 7 nitrogen and oxygen atoms in total. The zero-order chi connectivity index (χ0) is 27.1. The summed E-state index contributed by atoms with van der Waals surface area (Å²) in [6, 6.07) is 6.08. The van der Waals surface area contributed by atoms with E-state index in [1.54, 1.807) is 38.6 Å². The third-order valence-electron chi connectivity index (χ3n) is 5.55. The predicted octanol–water partition coefficient (Wildman–Crippen LogP) is 5.26. The molecule has 0 aliphatic rings. The van der Waals surface area contributed by atoms with E-state index in [-0.39, 0.29) is 18.4 Å². The van der Waals surface area contributed by atoms with Gasteiger partial charge in [0.25, 0.3) is 0 Å². The molecule has 1 aromatic carbocycles. The number of benzene rings is 1. The highest BCUT2D eigenvalue weighted by molar-refractivity contribution is 7.98. The number of alkyl carbamates (subject to hydrolysis) is 1. The zero-order valence-corrected chi connectivity index (χ0v) is 23.7. The first-order valence-electron chi connectivity index (χ1n) is 12.8. The maximum absolute atomic E-state index is 13.9. The minimum absolute atomic E-state index is 0.160. The van der Waals surface area contributed by atoms with Gasteiger partial charge in [0.05, 0.1) is 0 Å². The van der Waals surface area contributed by atoms with Gasteiger partial charge in [-0.1, -0.05) is 57.0 Å². The Bertz CT molecular complexity index is 836. The average Bonchev–Trinajstić information content (AvgIpc) is 2.83. The van der Waals surface area contributed by atoms with Gasteiger partial charge in [-0.2, -0.15) is 11.8 Å². The Morgan fingerprint density at radius 2 is 1.81 bits per heavy atom. The van der Waals surface area contributed by atoms with E-state index in [1.165, 1.54) is 4.90 Å². The molecular weight excluding hydrogens is 474 g/mol. The van der Waals surface area contributed by atoms with E-state index in [4.69, 9.17) is 4.74 Å². The van der Waals surface area contributed by atoms with E-state index in [2.05, 4.69) is 31.1 Å². The van der Waals surface area contributed by atoms with Crippen molar-refractivity contribution in [2.45, 2.75) is 84.4 Å². The predicted molar refractivity (Wildman–Crippen MR) is 149 cm³/mol. The normalized spacial score (nSPS) is 12.8. The lowest BCUT2D eigenvalue weighted by atomic mass is 10.00. The Labute approximate surface area is 221 Å². The Morgan fingerprint density at radius 3 is 2.33 bits per heavy atom. The van der Waals surface area contributed by atoms with Crippen LogP contribution in [-0.4, -0.2) is 59.5 Å². The van der Waals surface area contributed by atoms with E-state index in [0.29, 0.717) is 18.7 Å². The monoisotopic (exact) mass is 519 g/mol. The van der Waals surface area contributed by atoms with Crippen molar-refractivity contribution in [2.24, 2.45) is 0 Å². The molecule has 0 saturated carbocycles. The van der Waals surface area contributed by atoms with Gasteiger partial charge in [-0.15, -0.1) is 6.58 Å². The fraction of sp³-hybridized carbons (Fsp3) is 0.607. The molecule has 0 aromatic heterocycles. The van der Waals surface area contributed by atoms with Crippen molar-refractivity contribution in [1.82, 2.24) is 15.5 Å².